The summed E-state index contributed by atoms with van der Waals surface area (Å²) < 4.78 is 1.68. The van der Waals surface area contributed by atoms with Gasteiger partial charge in [0.15, 0.2) is 0 Å². The first kappa shape index (κ1) is 16.7. The summed E-state index contributed by atoms with van der Waals surface area (Å²) in [5, 5.41) is 15.7. The molecule has 1 aromatic rings. The number of nitrogens with zero attached hydrogens (tertiary/aromatic N) is 3. The second kappa shape index (κ2) is 7.47. The van der Waals surface area contributed by atoms with Crippen molar-refractivity contribution in [2.75, 3.05) is 25.0 Å². The first-order valence-corrected chi connectivity index (χ1v) is 6.80. The van der Waals surface area contributed by atoms with E-state index in [1.807, 2.05) is 18.7 Å². The zero-order chi connectivity index (χ0) is 16.0. The lowest BCUT2D eigenvalue weighted by Crippen LogP contribution is -2.37. The smallest absolute Gasteiger partial charge is 0.328 e. The predicted molar refractivity (Wildman–Crippen MR) is 81.2 cm³/mol. The molecule has 7 nitrogen and oxygen atoms in total. The zero-order valence-corrected chi connectivity index (χ0v) is 12.9. The van der Waals surface area contributed by atoms with E-state index in [2.05, 4.69) is 10.4 Å². The van der Waals surface area contributed by atoms with Gasteiger partial charge in [-0.05, 0) is 19.4 Å². The zero-order valence-electron chi connectivity index (χ0n) is 12.9. The highest BCUT2D eigenvalue weighted by Gasteiger charge is 2.19. The number of carboxylic acids is 1. The predicted octanol–water partition coefficient (Wildman–Crippen LogP) is 0.789. The van der Waals surface area contributed by atoms with Crippen LogP contribution >= 0.6 is 0 Å². The Hall–Kier alpha value is -2.31. The lowest BCUT2D eigenvalue weighted by Gasteiger charge is -2.24. The van der Waals surface area contributed by atoms with Crippen LogP contribution < -0.4 is 10.2 Å². The van der Waals surface area contributed by atoms with Crippen molar-refractivity contribution in [1.82, 2.24) is 15.1 Å². The molecule has 0 aliphatic rings. The quantitative estimate of drug-likeness (QED) is 0.726. The number of carbonyl (C=O) groups excluding carboxylic acids is 1. The number of hydrogen-bond donors (Lipinski definition) is 2. The number of rotatable bonds is 7. The molecule has 0 aliphatic heterocycles. The number of carbonyl (C=O) groups is 2. The van der Waals surface area contributed by atoms with Crippen LogP contribution in [0.1, 0.15) is 24.6 Å². The Morgan fingerprint density at radius 2 is 2.14 bits per heavy atom. The summed E-state index contributed by atoms with van der Waals surface area (Å²) in [4.78, 5) is 24.3. The molecule has 0 aromatic carbocycles. The van der Waals surface area contributed by atoms with E-state index in [-0.39, 0.29) is 12.5 Å². The molecule has 0 bridgehead atoms. The fraction of sp³-hybridized carbons (Fsp3) is 0.500. The number of aliphatic carboxylic acids is 1. The van der Waals surface area contributed by atoms with Gasteiger partial charge in [0.05, 0.1) is 12.2 Å². The minimum Gasteiger partial charge on any atom is -0.478 e. The van der Waals surface area contributed by atoms with Gasteiger partial charge in [-0.1, -0.05) is 6.92 Å². The van der Waals surface area contributed by atoms with Crippen molar-refractivity contribution in [2.45, 2.75) is 20.3 Å². The Labute approximate surface area is 124 Å². The van der Waals surface area contributed by atoms with Gasteiger partial charge in [-0.2, -0.15) is 5.10 Å². The van der Waals surface area contributed by atoms with Gasteiger partial charge in [-0.3, -0.25) is 9.48 Å². The third-order valence-electron chi connectivity index (χ3n) is 3.04. The average molecular weight is 294 g/mol. The Morgan fingerprint density at radius 3 is 2.67 bits per heavy atom. The molecule has 1 aromatic heterocycles. The van der Waals surface area contributed by atoms with Crippen LogP contribution in [0.5, 0.6) is 0 Å². The monoisotopic (exact) mass is 294 g/mol. The number of carboxylic acid groups (broad SMARTS) is 1. The topological polar surface area (TPSA) is 87.5 Å². The van der Waals surface area contributed by atoms with Gasteiger partial charge in [-0.15, -0.1) is 0 Å². The van der Waals surface area contributed by atoms with Crippen molar-refractivity contribution in [1.29, 1.82) is 0 Å². The number of nitrogens with one attached hydrogen (secondary N) is 1. The first-order valence-electron chi connectivity index (χ1n) is 6.80. The van der Waals surface area contributed by atoms with Crippen molar-refractivity contribution in [2.24, 2.45) is 7.05 Å². The Morgan fingerprint density at radius 1 is 1.48 bits per heavy atom. The minimum absolute atomic E-state index is 0.101. The van der Waals surface area contributed by atoms with Gasteiger partial charge in [0.25, 0.3) is 0 Å². The lowest BCUT2D eigenvalue weighted by molar-refractivity contribution is -0.131. The van der Waals surface area contributed by atoms with Crippen LogP contribution in [0.25, 0.3) is 6.08 Å². The molecule has 0 fully saturated rings. The first-order chi connectivity index (χ1) is 9.90. The number of anilines is 1. The average Bonchev–Trinajstić information content (AvgIpc) is 2.69. The van der Waals surface area contributed by atoms with E-state index in [9.17, 15) is 9.59 Å². The van der Waals surface area contributed by atoms with Crippen LogP contribution in [0.3, 0.4) is 0 Å². The molecule has 0 spiro atoms. The number of aryl methyl sites for hydroxylation is 2. The van der Waals surface area contributed by atoms with Gasteiger partial charge >= 0.3 is 5.97 Å². The summed E-state index contributed by atoms with van der Waals surface area (Å²) in [5.41, 5.74) is 1.44. The van der Waals surface area contributed by atoms with E-state index in [0.29, 0.717) is 6.54 Å². The Bertz CT molecular complexity index is 549. The molecule has 0 atom stereocenters. The maximum absolute atomic E-state index is 11.7. The van der Waals surface area contributed by atoms with Crippen LogP contribution in [-0.4, -0.2) is 46.9 Å². The number of likely N-dealkylation sites (N-methyl/N-ethyl adjacent to an activating group) is 1. The molecule has 0 aliphatic carbocycles. The molecule has 1 amide bonds. The van der Waals surface area contributed by atoms with Crippen LogP contribution in [0, 0.1) is 6.92 Å². The molecule has 1 rings (SSSR count). The molecule has 0 saturated carbocycles. The van der Waals surface area contributed by atoms with Crippen molar-refractivity contribution in [3.8, 4) is 0 Å². The maximum atomic E-state index is 11.7. The van der Waals surface area contributed by atoms with Gasteiger partial charge in [0, 0.05) is 32.3 Å². The standard InChI is InChI=1S/C14H22N4O3/c1-5-8-18(9-12(19)15-3)14-11(6-7-13(20)21)10(2)16-17(14)4/h6-7H,5,8-9H2,1-4H3,(H,15,19)(H,20,21). The van der Waals surface area contributed by atoms with Crippen LogP contribution in [0.2, 0.25) is 0 Å². The van der Waals surface area contributed by atoms with E-state index in [0.717, 1.165) is 29.6 Å². The second-order valence-corrected chi connectivity index (χ2v) is 4.71. The third kappa shape index (κ3) is 4.34. The number of amides is 1. The highest BCUT2D eigenvalue weighted by molar-refractivity contribution is 5.88. The molecule has 0 radical (unpaired) electrons. The minimum atomic E-state index is -1.02. The highest BCUT2D eigenvalue weighted by atomic mass is 16.4. The van der Waals surface area contributed by atoms with Crippen LogP contribution in [-0.2, 0) is 16.6 Å². The number of hydrogen-bond acceptors (Lipinski definition) is 4. The van der Waals surface area contributed by atoms with E-state index < -0.39 is 5.97 Å². The molecule has 2 N–H and O–H groups in total. The fourth-order valence-electron chi connectivity index (χ4n) is 2.17. The molecule has 1 heterocycles. The summed E-state index contributed by atoms with van der Waals surface area (Å²) in [6.07, 6.45) is 3.47. The van der Waals surface area contributed by atoms with Crippen molar-refractivity contribution < 1.29 is 14.7 Å². The third-order valence-corrected chi connectivity index (χ3v) is 3.04. The largest absolute Gasteiger partial charge is 0.478 e. The molecular formula is C14H22N4O3. The van der Waals surface area contributed by atoms with Crippen molar-refractivity contribution in [3.05, 3.63) is 17.3 Å². The van der Waals surface area contributed by atoms with E-state index in [4.69, 9.17) is 5.11 Å². The molecule has 7 heteroatoms. The normalized spacial score (nSPS) is 10.9. The molecule has 0 saturated heterocycles. The van der Waals surface area contributed by atoms with Gasteiger partial charge < -0.3 is 15.3 Å². The summed E-state index contributed by atoms with van der Waals surface area (Å²) >= 11 is 0. The molecular weight excluding hydrogens is 272 g/mol. The van der Waals surface area contributed by atoms with E-state index >= 15 is 0 Å². The highest BCUT2D eigenvalue weighted by Crippen LogP contribution is 2.24. The van der Waals surface area contributed by atoms with Crippen LogP contribution in [0.4, 0.5) is 5.82 Å². The van der Waals surface area contributed by atoms with Gasteiger partial charge in [-0.25, -0.2) is 4.79 Å². The van der Waals surface area contributed by atoms with E-state index in [1.165, 1.54) is 6.08 Å². The summed E-state index contributed by atoms with van der Waals surface area (Å²) in [7, 11) is 3.37. The Kier molecular flexibility index (Phi) is 5.95. The molecule has 116 valence electrons. The summed E-state index contributed by atoms with van der Waals surface area (Å²) in [6, 6.07) is 0. The van der Waals surface area contributed by atoms with Gasteiger partial charge in [0.2, 0.25) is 5.91 Å². The van der Waals surface area contributed by atoms with Gasteiger partial charge in [0.1, 0.15) is 5.82 Å². The van der Waals surface area contributed by atoms with Crippen molar-refractivity contribution >= 4 is 23.8 Å². The molecule has 21 heavy (non-hydrogen) atoms. The maximum Gasteiger partial charge on any atom is 0.328 e. The summed E-state index contributed by atoms with van der Waals surface area (Å²) in [5.74, 6) is -0.372. The Balaban J connectivity index is 3.22. The van der Waals surface area contributed by atoms with Crippen molar-refractivity contribution in [3.63, 3.8) is 0 Å². The lowest BCUT2D eigenvalue weighted by atomic mass is 10.2. The second-order valence-electron chi connectivity index (χ2n) is 4.71. The van der Waals surface area contributed by atoms with Crippen LogP contribution in [0.15, 0.2) is 6.08 Å². The summed E-state index contributed by atoms with van der Waals surface area (Å²) in [6.45, 7) is 4.72. The SMILES string of the molecule is CCCN(CC(=O)NC)c1c(C=CC(=O)O)c(C)nn1C. The number of aromatic nitrogens is 2. The molecule has 0 unspecified atom stereocenters. The fourth-order valence-corrected chi connectivity index (χ4v) is 2.17. The van der Waals surface area contributed by atoms with E-state index in [1.54, 1.807) is 18.8 Å².